The first-order chi connectivity index (χ1) is 8.13. The molecule has 0 spiro atoms. The first kappa shape index (κ1) is 11.9. The number of halogens is 1. The van der Waals surface area contributed by atoms with E-state index in [1.165, 1.54) is 11.1 Å². The summed E-state index contributed by atoms with van der Waals surface area (Å²) >= 11 is 6.04. The molecule has 0 unspecified atom stereocenters. The lowest BCUT2D eigenvalue weighted by atomic mass is 9.96. The molecule has 0 aromatic heterocycles. The Bertz CT molecular complexity index is 573. The quantitative estimate of drug-likeness (QED) is 0.714. The van der Waals surface area contributed by atoms with Crippen molar-refractivity contribution >= 4 is 17.9 Å². The molecule has 17 heavy (non-hydrogen) atoms. The molecule has 0 heterocycles. The minimum atomic E-state index is 0.499. The van der Waals surface area contributed by atoms with Gasteiger partial charge in [-0.15, -0.1) is 0 Å². The second kappa shape index (κ2) is 4.72. The molecule has 0 aliphatic carbocycles. The predicted molar refractivity (Wildman–Crippen MR) is 71.7 cm³/mol. The number of hydrogen-bond donors (Lipinski definition) is 0. The third-order valence-corrected chi connectivity index (χ3v) is 3.37. The smallest absolute Gasteiger partial charge is 0.151 e. The normalized spacial score (nSPS) is 10.3. The fraction of sp³-hybridized carbons (Fsp3) is 0.133. The number of carbonyl (C=O) groups excluding carboxylic acids is 1. The molecule has 0 saturated heterocycles. The van der Waals surface area contributed by atoms with E-state index in [-0.39, 0.29) is 0 Å². The van der Waals surface area contributed by atoms with E-state index in [0.29, 0.717) is 10.6 Å². The maximum atomic E-state index is 10.7. The van der Waals surface area contributed by atoms with Crippen molar-refractivity contribution in [2.24, 2.45) is 0 Å². The van der Waals surface area contributed by atoms with Gasteiger partial charge in [0, 0.05) is 5.56 Å². The Morgan fingerprint density at radius 1 is 1.12 bits per heavy atom. The Hall–Kier alpha value is -1.60. The molecular formula is C15H13ClO. The lowest BCUT2D eigenvalue weighted by Gasteiger charge is -2.09. The maximum absolute atomic E-state index is 10.7. The second-order valence-corrected chi connectivity index (χ2v) is 4.51. The molecule has 0 N–H and O–H groups in total. The molecular weight excluding hydrogens is 232 g/mol. The van der Waals surface area contributed by atoms with Crippen molar-refractivity contribution in [2.45, 2.75) is 13.8 Å². The molecule has 0 atom stereocenters. The van der Waals surface area contributed by atoms with Crippen LogP contribution in [0.3, 0.4) is 0 Å². The summed E-state index contributed by atoms with van der Waals surface area (Å²) in [6.45, 7) is 4.17. The van der Waals surface area contributed by atoms with Gasteiger partial charge in [-0.25, -0.2) is 0 Å². The van der Waals surface area contributed by atoms with Crippen molar-refractivity contribution in [1.82, 2.24) is 0 Å². The van der Waals surface area contributed by atoms with Crippen LogP contribution in [0, 0.1) is 13.8 Å². The van der Waals surface area contributed by atoms with Gasteiger partial charge in [-0.2, -0.15) is 0 Å². The Balaban J connectivity index is 2.57. The van der Waals surface area contributed by atoms with Gasteiger partial charge < -0.3 is 0 Å². The summed E-state index contributed by atoms with van der Waals surface area (Å²) in [4.78, 5) is 10.7. The van der Waals surface area contributed by atoms with Gasteiger partial charge in [-0.1, -0.05) is 35.9 Å². The molecule has 0 bridgehead atoms. The summed E-state index contributed by atoms with van der Waals surface area (Å²) in [5.41, 5.74) is 5.22. The second-order valence-electron chi connectivity index (χ2n) is 4.10. The van der Waals surface area contributed by atoms with E-state index in [1.54, 1.807) is 6.07 Å². The van der Waals surface area contributed by atoms with E-state index in [4.69, 9.17) is 11.6 Å². The van der Waals surface area contributed by atoms with Gasteiger partial charge >= 0.3 is 0 Å². The highest BCUT2D eigenvalue weighted by Gasteiger charge is 2.06. The third-order valence-electron chi connectivity index (χ3n) is 3.04. The topological polar surface area (TPSA) is 17.1 Å². The molecule has 86 valence electrons. The summed E-state index contributed by atoms with van der Waals surface area (Å²) in [5.74, 6) is 0. The Morgan fingerprint density at radius 3 is 2.53 bits per heavy atom. The fourth-order valence-electron chi connectivity index (χ4n) is 1.85. The number of benzene rings is 2. The molecule has 0 aliphatic rings. The SMILES string of the molecule is Cc1cccc(-c2ccc(C=O)c(Cl)c2)c1C. The molecule has 2 heteroatoms. The summed E-state index contributed by atoms with van der Waals surface area (Å²) in [6.07, 6.45) is 0.773. The molecule has 2 aromatic rings. The van der Waals surface area contributed by atoms with E-state index in [1.807, 2.05) is 18.2 Å². The lowest BCUT2D eigenvalue weighted by molar-refractivity contribution is 0.112. The Labute approximate surface area is 106 Å². The van der Waals surface area contributed by atoms with Crippen LogP contribution in [0.25, 0.3) is 11.1 Å². The molecule has 2 aromatic carbocycles. The monoisotopic (exact) mass is 244 g/mol. The molecule has 0 aliphatic heterocycles. The van der Waals surface area contributed by atoms with Crippen LogP contribution in [0.4, 0.5) is 0 Å². The van der Waals surface area contributed by atoms with E-state index in [2.05, 4.69) is 26.0 Å². The van der Waals surface area contributed by atoms with Gasteiger partial charge in [0.05, 0.1) is 5.02 Å². The van der Waals surface area contributed by atoms with E-state index < -0.39 is 0 Å². The molecule has 0 saturated carbocycles. The highest BCUT2D eigenvalue weighted by atomic mass is 35.5. The van der Waals surface area contributed by atoms with E-state index >= 15 is 0 Å². The zero-order chi connectivity index (χ0) is 12.4. The zero-order valence-electron chi connectivity index (χ0n) is 9.83. The standard InChI is InChI=1S/C15H13ClO/c1-10-4-3-5-14(11(10)2)12-6-7-13(9-17)15(16)8-12/h3-9H,1-2H3. The van der Waals surface area contributed by atoms with E-state index in [0.717, 1.165) is 17.4 Å². The summed E-state index contributed by atoms with van der Waals surface area (Å²) < 4.78 is 0. The van der Waals surface area contributed by atoms with Crippen molar-refractivity contribution in [3.05, 3.63) is 58.1 Å². The van der Waals surface area contributed by atoms with Crippen LogP contribution in [-0.4, -0.2) is 6.29 Å². The largest absolute Gasteiger partial charge is 0.298 e. The number of carbonyl (C=O) groups is 1. The van der Waals surface area contributed by atoms with Crippen molar-refractivity contribution in [1.29, 1.82) is 0 Å². The van der Waals surface area contributed by atoms with Gasteiger partial charge in [0.25, 0.3) is 0 Å². The number of aryl methyl sites for hydroxylation is 1. The number of hydrogen-bond acceptors (Lipinski definition) is 1. The Morgan fingerprint density at radius 2 is 1.88 bits per heavy atom. The number of rotatable bonds is 2. The minimum absolute atomic E-state index is 0.499. The summed E-state index contributed by atoms with van der Waals surface area (Å²) in [6, 6.07) is 11.7. The highest BCUT2D eigenvalue weighted by Crippen LogP contribution is 2.28. The van der Waals surface area contributed by atoms with Gasteiger partial charge in [-0.05, 0) is 48.2 Å². The van der Waals surface area contributed by atoms with Crippen molar-refractivity contribution in [3.8, 4) is 11.1 Å². The van der Waals surface area contributed by atoms with Gasteiger partial charge in [-0.3, -0.25) is 4.79 Å². The molecule has 1 nitrogen and oxygen atoms in total. The summed E-state index contributed by atoms with van der Waals surface area (Å²) in [5, 5.41) is 0.499. The lowest BCUT2D eigenvalue weighted by Crippen LogP contribution is -1.88. The van der Waals surface area contributed by atoms with Crippen LogP contribution in [0.5, 0.6) is 0 Å². The van der Waals surface area contributed by atoms with Crippen molar-refractivity contribution < 1.29 is 4.79 Å². The number of aldehydes is 1. The molecule has 0 radical (unpaired) electrons. The third kappa shape index (κ3) is 2.25. The first-order valence-electron chi connectivity index (χ1n) is 5.45. The fourth-order valence-corrected chi connectivity index (χ4v) is 2.08. The minimum Gasteiger partial charge on any atom is -0.298 e. The van der Waals surface area contributed by atoms with Crippen LogP contribution >= 0.6 is 11.6 Å². The van der Waals surface area contributed by atoms with Crippen LogP contribution in [-0.2, 0) is 0 Å². The van der Waals surface area contributed by atoms with Crippen LogP contribution in [0.15, 0.2) is 36.4 Å². The zero-order valence-corrected chi connectivity index (χ0v) is 10.6. The summed E-state index contributed by atoms with van der Waals surface area (Å²) in [7, 11) is 0. The average Bonchev–Trinajstić information content (AvgIpc) is 2.32. The molecule has 0 amide bonds. The Kier molecular flexibility index (Phi) is 3.30. The van der Waals surface area contributed by atoms with Crippen molar-refractivity contribution in [2.75, 3.05) is 0 Å². The van der Waals surface area contributed by atoms with Crippen LogP contribution in [0.1, 0.15) is 21.5 Å². The average molecular weight is 245 g/mol. The van der Waals surface area contributed by atoms with Gasteiger partial charge in [0.1, 0.15) is 0 Å². The maximum Gasteiger partial charge on any atom is 0.151 e. The predicted octanol–water partition coefficient (Wildman–Crippen LogP) is 4.44. The van der Waals surface area contributed by atoms with Crippen LogP contribution < -0.4 is 0 Å². The van der Waals surface area contributed by atoms with E-state index in [9.17, 15) is 4.79 Å². The highest BCUT2D eigenvalue weighted by molar-refractivity contribution is 6.33. The van der Waals surface area contributed by atoms with Gasteiger partial charge in [0.15, 0.2) is 6.29 Å². The molecule has 0 fully saturated rings. The van der Waals surface area contributed by atoms with Gasteiger partial charge in [0.2, 0.25) is 0 Å². The molecule has 2 rings (SSSR count). The van der Waals surface area contributed by atoms with Crippen LogP contribution in [0.2, 0.25) is 5.02 Å². The first-order valence-corrected chi connectivity index (χ1v) is 5.82. The van der Waals surface area contributed by atoms with Crippen molar-refractivity contribution in [3.63, 3.8) is 0 Å².